The number of amides is 1. The highest BCUT2D eigenvalue weighted by Crippen LogP contribution is 2.41. The standard InChI is InChI=1S/C15H14F3N3O/c1-21-7-11(13(20-21)14(17)18)15(22)19-12-6-10(12)8-2-4-9(16)5-3-8/h2-5,7,10,12,14H,6H2,1H3,(H,19,22)/t10-,12-/m1/s1. The molecule has 1 heterocycles. The molecule has 2 aromatic rings. The van der Waals surface area contributed by atoms with Crippen LogP contribution in [0.2, 0.25) is 0 Å². The van der Waals surface area contributed by atoms with Crippen molar-refractivity contribution in [2.24, 2.45) is 7.05 Å². The first-order chi connectivity index (χ1) is 10.5. The molecule has 1 aliphatic carbocycles. The van der Waals surface area contributed by atoms with Gasteiger partial charge in [0.15, 0.2) is 0 Å². The third-order valence-corrected chi connectivity index (χ3v) is 3.71. The predicted octanol–water partition coefficient (Wildman–Crippen LogP) is 2.78. The molecule has 0 spiro atoms. The molecule has 1 saturated carbocycles. The van der Waals surface area contributed by atoms with Crippen LogP contribution in [0.1, 0.15) is 40.4 Å². The van der Waals surface area contributed by atoms with Gasteiger partial charge >= 0.3 is 0 Å². The van der Waals surface area contributed by atoms with E-state index in [1.807, 2.05) is 0 Å². The van der Waals surface area contributed by atoms with E-state index in [1.54, 1.807) is 12.1 Å². The first-order valence-corrected chi connectivity index (χ1v) is 6.83. The smallest absolute Gasteiger partial charge is 0.282 e. The molecular weight excluding hydrogens is 295 g/mol. The van der Waals surface area contributed by atoms with E-state index in [4.69, 9.17) is 0 Å². The second-order valence-electron chi connectivity index (χ2n) is 5.38. The van der Waals surface area contributed by atoms with Crippen LogP contribution in [0.25, 0.3) is 0 Å². The maximum atomic E-state index is 12.9. The zero-order valence-electron chi connectivity index (χ0n) is 11.8. The van der Waals surface area contributed by atoms with Crippen molar-refractivity contribution in [3.63, 3.8) is 0 Å². The zero-order chi connectivity index (χ0) is 15.9. The normalized spacial score (nSPS) is 20.2. The molecule has 22 heavy (non-hydrogen) atoms. The molecule has 0 unspecified atom stereocenters. The highest BCUT2D eigenvalue weighted by molar-refractivity contribution is 5.95. The van der Waals surface area contributed by atoms with E-state index in [2.05, 4.69) is 10.4 Å². The monoisotopic (exact) mass is 309 g/mol. The number of carbonyl (C=O) groups excluding carboxylic acids is 1. The number of nitrogens with zero attached hydrogens (tertiary/aromatic N) is 2. The lowest BCUT2D eigenvalue weighted by molar-refractivity contribution is 0.0935. The maximum absolute atomic E-state index is 12.9. The summed E-state index contributed by atoms with van der Waals surface area (Å²) < 4.78 is 39.8. The van der Waals surface area contributed by atoms with Crippen LogP contribution >= 0.6 is 0 Å². The summed E-state index contributed by atoms with van der Waals surface area (Å²) >= 11 is 0. The molecule has 0 aliphatic heterocycles. The second kappa shape index (κ2) is 5.47. The van der Waals surface area contributed by atoms with E-state index < -0.39 is 18.0 Å². The van der Waals surface area contributed by atoms with Gasteiger partial charge in [0, 0.05) is 25.2 Å². The molecule has 0 saturated heterocycles. The van der Waals surface area contributed by atoms with Gasteiger partial charge in [-0.1, -0.05) is 12.1 Å². The van der Waals surface area contributed by atoms with Crippen LogP contribution in [0.5, 0.6) is 0 Å². The van der Waals surface area contributed by atoms with Gasteiger partial charge in [0.1, 0.15) is 11.5 Å². The summed E-state index contributed by atoms with van der Waals surface area (Å²) in [5.74, 6) is -0.781. The quantitative estimate of drug-likeness (QED) is 0.944. The van der Waals surface area contributed by atoms with Gasteiger partial charge in [0.05, 0.1) is 5.56 Å². The Bertz CT molecular complexity index is 697. The number of halogens is 3. The van der Waals surface area contributed by atoms with Crippen molar-refractivity contribution < 1.29 is 18.0 Å². The molecule has 1 N–H and O–H groups in total. The molecule has 1 aliphatic rings. The summed E-state index contributed by atoms with van der Waals surface area (Å²) in [7, 11) is 1.49. The minimum absolute atomic E-state index is 0.0937. The highest BCUT2D eigenvalue weighted by Gasteiger charge is 2.40. The van der Waals surface area contributed by atoms with Crippen molar-refractivity contribution in [1.29, 1.82) is 0 Å². The molecule has 1 aromatic heterocycles. The van der Waals surface area contributed by atoms with Gasteiger partial charge in [0.25, 0.3) is 12.3 Å². The summed E-state index contributed by atoms with van der Waals surface area (Å²) in [4.78, 5) is 12.1. The highest BCUT2D eigenvalue weighted by atomic mass is 19.3. The number of nitrogens with one attached hydrogen (secondary N) is 1. The molecule has 2 atom stereocenters. The van der Waals surface area contributed by atoms with Crippen LogP contribution in [0.3, 0.4) is 0 Å². The van der Waals surface area contributed by atoms with Crippen LogP contribution in [0.15, 0.2) is 30.5 Å². The number of benzene rings is 1. The molecule has 1 aromatic carbocycles. The van der Waals surface area contributed by atoms with Crippen LogP contribution in [0, 0.1) is 5.82 Å². The molecule has 7 heteroatoms. The van der Waals surface area contributed by atoms with Crippen molar-refractivity contribution >= 4 is 5.91 Å². The van der Waals surface area contributed by atoms with Crippen molar-refractivity contribution in [3.05, 3.63) is 53.1 Å². The van der Waals surface area contributed by atoms with E-state index in [9.17, 15) is 18.0 Å². The van der Waals surface area contributed by atoms with Gasteiger partial charge < -0.3 is 5.32 Å². The van der Waals surface area contributed by atoms with Crippen LogP contribution in [-0.2, 0) is 7.05 Å². The topological polar surface area (TPSA) is 46.9 Å². The Morgan fingerprint density at radius 1 is 1.36 bits per heavy atom. The largest absolute Gasteiger partial charge is 0.349 e. The van der Waals surface area contributed by atoms with E-state index in [0.717, 1.165) is 5.56 Å². The lowest BCUT2D eigenvalue weighted by atomic mass is 10.1. The Morgan fingerprint density at radius 3 is 2.68 bits per heavy atom. The van der Waals surface area contributed by atoms with E-state index >= 15 is 0 Å². The fraction of sp³-hybridized carbons (Fsp3) is 0.333. The summed E-state index contributed by atoms with van der Waals surface area (Å²) in [6.07, 6.45) is -0.803. The Balaban J connectivity index is 1.68. The third kappa shape index (κ3) is 2.84. The number of hydrogen-bond donors (Lipinski definition) is 1. The number of hydrogen-bond acceptors (Lipinski definition) is 2. The Labute approximate surface area is 124 Å². The minimum Gasteiger partial charge on any atom is -0.349 e. The Kier molecular flexibility index (Phi) is 3.64. The van der Waals surface area contributed by atoms with Gasteiger partial charge in [-0.05, 0) is 24.1 Å². The Hall–Kier alpha value is -2.31. The van der Waals surface area contributed by atoms with Crippen molar-refractivity contribution in [2.45, 2.75) is 24.8 Å². The van der Waals surface area contributed by atoms with Crippen LogP contribution in [0.4, 0.5) is 13.2 Å². The lowest BCUT2D eigenvalue weighted by Crippen LogP contribution is -2.27. The molecule has 4 nitrogen and oxygen atoms in total. The van der Waals surface area contributed by atoms with E-state index in [1.165, 1.54) is 30.1 Å². The molecule has 3 rings (SSSR count). The first-order valence-electron chi connectivity index (χ1n) is 6.83. The van der Waals surface area contributed by atoms with Gasteiger partial charge in [-0.2, -0.15) is 5.10 Å². The van der Waals surface area contributed by atoms with Gasteiger partial charge in [-0.25, -0.2) is 13.2 Å². The second-order valence-corrected chi connectivity index (χ2v) is 5.38. The predicted molar refractivity (Wildman–Crippen MR) is 73.2 cm³/mol. The van der Waals surface area contributed by atoms with Gasteiger partial charge in [-0.15, -0.1) is 0 Å². The molecule has 0 bridgehead atoms. The lowest BCUT2D eigenvalue weighted by Gasteiger charge is -2.05. The average Bonchev–Trinajstić information content (AvgIpc) is 3.10. The maximum Gasteiger partial charge on any atom is 0.282 e. The number of alkyl halides is 2. The van der Waals surface area contributed by atoms with Gasteiger partial charge in [0.2, 0.25) is 0 Å². The summed E-state index contributed by atoms with van der Waals surface area (Å²) in [6, 6.07) is 5.94. The minimum atomic E-state index is -2.80. The Morgan fingerprint density at radius 2 is 2.05 bits per heavy atom. The van der Waals surface area contributed by atoms with Gasteiger partial charge in [-0.3, -0.25) is 9.48 Å². The number of carbonyl (C=O) groups is 1. The number of aryl methyl sites for hydroxylation is 1. The average molecular weight is 309 g/mol. The van der Waals surface area contributed by atoms with Crippen LogP contribution in [-0.4, -0.2) is 21.7 Å². The van der Waals surface area contributed by atoms with E-state index in [0.29, 0.717) is 6.42 Å². The fourth-order valence-electron chi connectivity index (χ4n) is 2.52. The number of rotatable bonds is 4. The third-order valence-electron chi connectivity index (χ3n) is 3.71. The van der Waals surface area contributed by atoms with Crippen molar-refractivity contribution in [1.82, 2.24) is 15.1 Å². The number of aromatic nitrogens is 2. The fourth-order valence-corrected chi connectivity index (χ4v) is 2.52. The van der Waals surface area contributed by atoms with Crippen LogP contribution < -0.4 is 5.32 Å². The van der Waals surface area contributed by atoms with E-state index in [-0.39, 0.29) is 23.3 Å². The molecule has 0 radical (unpaired) electrons. The summed E-state index contributed by atoms with van der Waals surface area (Å²) in [6.45, 7) is 0. The zero-order valence-corrected chi connectivity index (χ0v) is 11.8. The summed E-state index contributed by atoms with van der Waals surface area (Å²) in [5.41, 5.74) is 0.299. The van der Waals surface area contributed by atoms with Crippen molar-refractivity contribution in [2.75, 3.05) is 0 Å². The molecule has 116 valence electrons. The first kappa shape index (κ1) is 14.6. The summed E-state index contributed by atoms with van der Waals surface area (Å²) in [5, 5.41) is 6.33. The molecular formula is C15H14F3N3O. The van der Waals surface area contributed by atoms with Crippen molar-refractivity contribution in [3.8, 4) is 0 Å². The molecule has 1 amide bonds. The SMILES string of the molecule is Cn1cc(C(=O)N[C@@H]2C[C@@H]2c2ccc(F)cc2)c(C(F)F)n1. The molecule has 1 fully saturated rings.